The van der Waals surface area contributed by atoms with Crippen molar-refractivity contribution in [3.8, 4) is 5.75 Å². The number of likely N-dealkylation sites (N-methyl/N-ethyl adjacent to an activating group) is 1. The molecule has 0 radical (unpaired) electrons. The minimum Gasteiger partial charge on any atom is -0.497 e. The number of methoxy groups -OCH3 is 1. The Morgan fingerprint density at radius 3 is 2.80 bits per heavy atom. The summed E-state index contributed by atoms with van der Waals surface area (Å²) in [5, 5.41) is 3.95. The molecule has 0 saturated carbocycles. The molecule has 0 saturated heterocycles. The van der Waals surface area contributed by atoms with Crippen molar-refractivity contribution in [1.29, 1.82) is 0 Å². The SMILES string of the molecule is CCN1CCc2nc3ccccc3c(C(=O)OC(C)C(=O)Nc3nc4ccc(OC)cc4s3)c2C1. The quantitative estimate of drug-likeness (QED) is 0.400. The van der Waals surface area contributed by atoms with E-state index in [-0.39, 0.29) is 0 Å². The van der Waals surface area contributed by atoms with Crippen LogP contribution in [0.25, 0.3) is 21.1 Å². The highest BCUT2D eigenvalue weighted by Crippen LogP contribution is 2.31. The molecule has 1 atom stereocenters. The van der Waals surface area contributed by atoms with Crippen molar-refractivity contribution in [2.45, 2.75) is 32.9 Å². The van der Waals surface area contributed by atoms with Crippen LogP contribution < -0.4 is 10.1 Å². The van der Waals surface area contributed by atoms with Gasteiger partial charge in [0.05, 0.1) is 28.4 Å². The maximum Gasteiger partial charge on any atom is 0.339 e. The molecule has 2 aromatic heterocycles. The number of benzene rings is 2. The number of rotatable bonds is 6. The van der Waals surface area contributed by atoms with Crippen LogP contribution in [0.15, 0.2) is 42.5 Å². The zero-order chi connectivity index (χ0) is 24.5. The van der Waals surface area contributed by atoms with Gasteiger partial charge in [0.2, 0.25) is 0 Å². The Morgan fingerprint density at radius 2 is 2.00 bits per heavy atom. The third-order valence-electron chi connectivity index (χ3n) is 6.26. The summed E-state index contributed by atoms with van der Waals surface area (Å²) in [5.74, 6) is -0.239. The van der Waals surface area contributed by atoms with Gasteiger partial charge in [0.25, 0.3) is 5.91 Å². The maximum absolute atomic E-state index is 13.4. The first kappa shape index (κ1) is 23.2. The van der Waals surface area contributed by atoms with E-state index in [2.05, 4.69) is 22.1 Å². The summed E-state index contributed by atoms with van der Waals surface area (Å²) in [7, 11) is 1.60. The molecular formula is C26H26N4O4S. The lowest BCUT2D eigenvalue weighted by Crippen LogP contribution is -2.34. The minimum absolute atomic E-state index is 0.437. The van der Waals surface area contributed by atoms with Crippen LogP contribution in [-0.4, -0.2) is 53.0 Å². The molecule has 0 fully saturated rings. The molecule has 3 heterocycles. The summed E-state index contributed by atoms with van der Waals surface area (Å²) < 4.78 is 11.8. The molecule has 1 amide bonds. The molecule has 0 spiro atoms. The molecule has 5 rings (SSSR count). The zero-order valence-corrected chi connectivity index (χ0v) is 20.6. The van der Waals surface area contributed by atoms with Crippen molar-refractivity contribution in [2.24, 2.45) is 0 Å². The van der Waals surface area contributed by atoms with Crippen LogP contribution in [0.3, 0.4) is 0 Å². The van der Waals surface area contributed by atoms with Crippen molar-refractivity contribution >= 4 is 49.5 Å². The Labute approximate surface area is 206 Å². The van der Waals surface area contributed by atoms with Gasteiger partial charge in [0, 0.05) is 36.2 Å². The van der Waals surface area contributed by atoms with Gasteiger partial charge in [-0.25, -0.2) is 9.78 Å². The van der Waals surface area contributed by atoms with Crippen molar-refractivity contribution in [1.82, 2.24) is 14.9 Å². The smallest absolute Gasteiger partial charge is 0.339 e. The molecule has 1 unspecified atom stereocenters. The lowest BCUT2D eigenvalue weighted by molar-refractivity contribution is -0.123. The number of anilines is 1. The molecule has 180 valence electrons. The van der Waals surface area contributed by atoms with Crippen molar-refractivity contribution < 1.29 is 19.1 Å². The number of carbonyl (C=O) groups excluding carboxylic acids is 2. The summed E-state index contributed by atoms with van der Waals surface area (Å²) in [6.45, 7) is 6.08. The van der Waals surface area contributed by atoms with Gasteiger partial charge in [0.15, 0.2) is 11.2 Å². The molecule has 4 aromatic rings. The molecule has 0 aliphatic carbocycles. The molecule has 0 bridgehead atoms. The van der Waals surface area contributed by atoms with Crippen molar-refractivity contribution in [3.05, 3.63) is 59.3 Å². The second-order valence-electron chi connectivity index (χ2n) is 8.44. The van der Waals surface area contributed by atoms with Crippen LogP contribution in [-0.2, 0) is 22.5 Å². The van der Waals surface area contributed by atoms with Gasteiger partial charge in [-0.15, -0.1) is 0 Å². The number of nitrogens with zero attached hydrogens (tertiary/aromatic N) is 3. The average Bonchev–Trinajstić information content (AvgIpc) is 3.27. The normalized spacial score (nSPS) is 14.5. The molecule has 9 heteroatoms. The fourth-order valence-corrected chi connectivity index (χ4v) is 5.21. The van der Waals surface area contributed by atoms with Crippen LogP contribution in [0.4, 0.5) is 5.13 Å². The monoisotopic (exact) mass is 490 g/mol. The number of pyridine rings is 1. The van der Waals surface area contributed by atoms with E-state index in [4.69, 9.17) is 14.5 Å². The number of amides is 1. The third kappa shape index (κ3) is 4.56. The second-order valence-corrected chi connectivity index (χ2v) is 9.47. The van der Waals surface area contributed by atoms with Gasteiger partial charge in [-0.05, 0) is 37.7 Å². The highest BCUT2D eigenvalue weighted by Gasteiger charge is 2.28. The van der Waals surface area contributed by atoms with Gasteiger partial charge < -0.3 is 9.47 Å². The van der Waals surface area contributed by atoms with Gasteiger partial charge in [-0.2, -0.15) is 0 Å². The molecule has 35 heavy (non-hydrogen) atoms. The fraction of sp³-hybridized carbons (Fsp3) is 0.308. The second kappa shape index (κ2) is 9.59. The van der Waals surface area contributed by atoms with E-state index in [0.29, 0.717) is 17.2 Å². The number of hydrogen-bond acceptors (Lipinski definition) is 8. The first-order chi connectivity index (χ1) is 17.0. The topological polar surface area (TPSA) is 93.7 Å². The predicted octanol–water partition coefficient (Wildman–Crippen LogP) is 4.42. The number of nitrogens with one attached hydrogen (secondary N) is 1. The molecule has 1 N–H and O–H groups in total. The largest absolute Gasteiger partial charge is 0.497 e. The summed E-state index contributed by atoms with van der Waals surface area (Å²) in [4.78, 5) is 37.8. The predicted molar refractivity (Wildman–Crippen MR) is 136 cm³/mol. The first-order valence-corrected chi connectivity index (χ1v) is 12.4. The van der Waals surface area contributed by atoms with E-state index >= 15 is 0 Å². The molecular weight excluding hydrogens is 464 g/mol. The number of thiazole rings is 1. The highest BCUT2D eigenvalue weighted by atomic mass is 32.1. The van der Waals surface area contributed by atoms with Gasteiger partial charge >= 0.3 is 5.97 Å². The Kier molecular flexibility index (Phi) is 6.36. The van der Waals surface area contributed by atoms with Crippen LogP contribution >= 0.6 is 11.3 Å². The van der Waals surface area contributed by atoms with Crippen molar-refractivity contribution in [2.75, 3.05) is 25.5 Å². The first-order valence-electron chi connectivity index (χ1n) is 11.6. The van der Waals surface area contributed by atoms with E-state index in [9.17, 15) is 9.59 Å². The standard InChI is InChI=1S/C26H26N4O4S/c1-4-30-12-11-20-18(14-30)23(17-7-5-6-8-19(17)27-20)25(32)34-15(2)24(31)29-26-28-21-10-9-16(33-3)13-22(21)35-26/h5-10,13,15H,4,11-12,14H2,1-3H3,(H,28,29,31). The van der Waals surface area contributed by atoms with E-state index in [1.54, 1.807) is 14.0 Å². The average molecular weight is 491 g/mol. The zero-order valence-electron chi connectivity index (χ0n) is 19.8. The number of ether oxygens (including phenoxy) is 2. The van der Waals surface area contributed by atoms with Crippen LogP contribution in [0.5, 0.6) is 5.75 Å². The third-order valence-corrected chi connectivity index (χ3v) is 7.19. The van der Waals surface area contributed by atoms with Gasteiger partial charge in [-0.3, -0.25) is 20.0 Å². The molecule has 8 nitrogen and oxygen atoms in total. The summed E-state index contributed by atoms with van der Waals surface area (Å²) >= 11 is 1.33. The molecule has 1 aliphatic heterocycles. The Bertz CT molecular complexity index is 1430. The minimum atomic E-state index is -1.00. The molecule has 2 aromatic carbocycles. The number of esters is 1. The molecule has 1 aliphatic rings. The van der Waals surface area contributed by atoms with E-state index in [0.717, 1.165) is 57.6 Å². The van der Waals surface area contributed by atoms with Crippen LogP contribution in [0.2, 0.25) is 0 Å². The Hall–Kier alpha value is -3.56. The number of hydrogen-bond donors (Lipinski definition) is 1. The van der Waals surface area contributed by atoms with Crippen molar-refractivity contribution in [3.63, 3.8) is 0 Å². The Morgan fingerprint density at radius 1 is 1.17 bits per heavy atom. The van der Waals surface area contributed by atoms with E-state index in [1.165, 1.54) is 11.3 Å². The van der Waals surface area contributed by atoms with Gasteiger partial charge in [-0.1, -0.05) is 36.5 Å². The number of aromatic nitrogens is 2. The fourth-order valence-electron chi connectivity index (χ4n) is 4.31. The number of para-hydroxylation sites is 1. The van der Waals surface area contributed by atoms with E-state index < -0.39 is 18.0 Å². The lowest BCUT2D eigenvalue weighted by Gasteiger charge is -2.29. The summed E-state index contributed by atoms with van der Waals surface area (Å²) in [6, 6.07) is 13.1. The van der Waals surface area contributed by atoms with E-state index in [1.807, 2.05) is 42.5 Å². The number of carbonyl (C=O) groups is 2. The van der Waals surface area contributed by atoms with Crippen LogP contribution in [0, 0.1) is 0 Å². The summed E-state index contributed by atoms with van der Waals surface area (Å²) in [5.41, 5.74) is 3.81. The highest BCUT2D eigenvalue weighted by molar-refractivity contribution is 7.22. The van der Waals surface area contributed by atoms with Crippen LogP contribution in [0.1, 0.15) is 35.5 Å². The Balaban J connectivity index is 1.38. The van der Waals surface area contributed by atoms with Gasteiger partial charge in [0.1, 0.15) is 5.75 Å². The maximum atomic E-state index is 13.4. The number of fused-ring (bicyclic) bond motifs is 3. The summed E-state index contributed by atoms with van der Waals surface area (Å²) in [6.07, 6.45) is -0.232. The lowest BCUT2D eigenvalue weighted by atomic mass is 9.95.